The Morgan fingerprint density at radius 1 is 1.32 bits per heavy atom. The zero-order valence-electron chi connectivity index (χ0n) is 16.3. The summed E-state index contributed by atoms with van der Waals surface area (Å²) in [4.78, 5) is 36.7. The van der Waals surface area contributed by atoms with Gasteiger partial charge in [0, 0.05) is 32.0 Å². The van der Waals surface area contributed by atoms with E-state index in [4.69, 9.17) is 4.74 Å². The average molecular weight is 386 g/mol. The normalized spacial score (nSPS) is 17.8. The van der Waals surface area contributed by atoms with Crippen molar-refractivity contribution < 1.29 is 14.3 Å². The van der Waals surface area contributed by atoms with Crippen LogP contribution in [-0.2, 0) is 27.5 Å². The van der Waals surface area contributed by atoms with Crippen LogP contribution in [0.3, 0.4) is 0 Å². The lowest BCUT2D eigenvalue weighted by atomic mass is 10.2. The van der Waals surface area contributed by atoms with Crippen molar-refractivity contribution >= 4 is 11.8 Å². The van der Waals surface area contributed by atoms with Gasteiger partial charge in [0.15, 0.2) is 0 Å². The predicted molar refractivity (Wildman–Crippen MR) is 101 cm³/mol. The zero-order chi connectivity index (χ0) is 19.9. The number of nitrogens with zero attached hydrogens (tertiary/aromatic N) is 6. The molecule has 9 heteroatoms. The molecular formula is C19H26N6O3. The highest BCUT2D eigenvalue weighted by Gasteiger charge is 2.31. The highest BCUT2D eigenvalue weighted by atomic mass is 16.5. The molecule has 1 fully saturated rings. The van der Waals surface area contributed by atoms with Crippen LogP contribution in [0, 0.1) is 5.92 Å². The van der Waals surface area contributed by atoms with Crippen molar-refractivity contribution in [1.29, 1.82) is 0 Å². The standard InChI is InChI=1S/C19H26N6O3/c1-15(2)7-23-8-17(28-12-16-4-3-5-20-6-16)9-24(10-18(23)26)19(27)11-25-14-21-13-22-25/h3-6,13-15,17H,7-12H2,1-2H3/t17-/m0/s1. The van der Waals surface area contributed by atoms with Crippen molar-refractivity contribution in [3.05, 3.63) is 42.7 Å². The zero-order valence-corrected chi connectivity index (χ0v) is 16.3. The molecule has 1 aliphatic rings. The number of pyridine rings is 1. The maximum absolute atomic E-state index is 12.7. The van der Waals surface area contributed by atoms with E-state index in [0.717, 1.165) is 5.56 Å². The van der Waals surface area contributed by atoms with Gasteiger partial charge in [-0.3, -0.25) is 14.6 Å². The smallest absolute Gasteiger partial charge is 0.244 e. The molecule has 3 heterocycles. The topological polar surface area (TPSA) is 93.4 Å². The molecule has 0 N–H and O–H groups in total. The van der Waals surface area contributed by atoms with E-state index in [2.05, 4.69) is 28.9 Å². The fourth-order valence-electron chi connectivity index (χ4n) is 3.14. The molecule has 0 spiro atoms. The molecule has 0 bridgehead atoms. The van der Waals surface area contributed by atoms with Crippen LogP contribution in [0.4, 0.5) is 0 Å². The van der Waals surface area contributed by atoms with E-state index in [1.165, 1.54) is 17.3 Å². The molecule has 1 atom stereocenters. The molecule has 1 saturated heterocycles. The van der Waals surface area contributed by atoms with Crippen LogP contribution < -0.4 is 0 Å². The number of hydrogen-bond donors (Lipinski definition) is 0. The summed E-state index contributed by atoms with van der Waals surface area (Å²) in [6.07, 6.45) is 6.05. The van der Waals surface area contributed by atoms with Crippen molar-refractivity contribution in [2.24, 2.45) is 5.92 Å². The minimum absolute atomic E-state index is 0.0484. The molecule has 0 saturated carbocycles. The number of hydrogen-bond acceptors (Lipinski definition) is 6. The highest BCUT2D eigenvalue weighted by molar-refractivity contribution is 5.85. The molecular weight excluding hydrogens is 360 g/mol. The van der Waals surface area contributed by atoms with Gasteiger partial charge in [0.05, 0.1) is 19.3 Å². The second-order valence-electron chi connectivity index (χ2n) is 7.35. The quantitative estimate of drug-likeness (QED) is 0.691. The number of carbonyl (C=O) groups excluding carboxylic acids is 2. The fourth-order valence-corrected chi connectivity index (χ4v) is 3.14. The number of ether oxygens (including phenoxy) is 1. The Morgan fingerprint density at radius 3 is 2.86 bits per heavy atom. The van der Waals surface area contributed by atoms with Gasteiger partial charge in [-0.05, 0) is 17.5 Å². The van der Waals surface area contributed by atoms with E-state index in [1.54, 1.807) is 22.2 Å². The SMILES string of the molecule is CC(C)CN1C[C@H](OCc2cccnc2)CN(C(=O)Cn2cncn2)CC1=O. The molecule has 0 unspecified atom stereocenters. The average Bonchev–Trinajstić information content (AvgIpc) is 3.12. The Labute approximate surface area is 164 Å². The van der Waals surface area contributed by atoms with E-state index in [-0.39, 0.29) is 31.0 Å². The minimum Gasteiger partial charge on any atom is -0.370 e. The molecule has 2 aromatic heterocycles. The van der Waals surface area contributed by atoms with Gasteiger partial charge in [-0.25, -0.2) is 9.67 Å². The van der Waals surface area contributed by atoms with Crippen molar-refractivity contribution in [1.82, 2.24) is 29.5 Å². The molecule has 3 rings (SSSR count). The second kappa shape index (κ2) is 9.41. The van der Waals surface area contributed by atoms with Crippen LogP contribution in [0.2, 0.25) is 0 Å². The molecule has 0 radical (unpaired) electrons. The van der Waals surface area contributed by atoms with Crippen LogP contribution in [0.5, 0.6) is 0 Å². The number of carbonyl (C=O) groups is 2. The number of rotatable bonds is 7. The van der Waals surface area contributed by atoms with E-state index < -0.39 is 0 Å². The van der Waals surface area contributed by atoms with Crippen molar-refractivity contribution in [3.8, 4) is 0 Å². The third-order valence-electron chi connectivity index (χ3n) is 4.44. The molecule has 150 valence electrons. The number of amides is 2. The molecule has 2 amide bonds. The first-order valence-corrected chi connectivity index (χ1v) is 9.39. The van der Waals surface area contributed by atoms with Gasteiger partial charge in [0.1, 0.15) is 19.2 Å². The van der Waals surface area contributed by atoms with Crippen LogP contribution in [0.15, 0.2) is 37.2 Å². The Bertz CT molecular complexity index is 765. The summed E-state index contributed by atoms with van der Waals surface area (Å²) in [5, 5.41) is 3.97. The van der Waals surface area contributed by atoms with Gasteiger partial charge >= 0.3 is 0 Å². The summed E-state index contributed by atoms with van der Waals surface area (Å²) < 4.78 is 7.52. The summed E-state index contributed by atoms with van der Waals surface area (Å²) >= 11 is 0. The summed E-state index contributed by atoms with van der Waals surface area (Å²) in [5.74, 6) is 0.0914. The maximum Gasteiger partial charge on any atom is 0.244 e. The van der Waals surface area contributed by atoms with Crippen molar-refractivity contribution in [2.45, 2.75) is 33.1 Å². The van der Waals surface area contributed by atoms with Gasteiger partial charge in [-0.2, -0.15) is 5.10 Å². The van der Waals surface area contributed by atoms with E-state index in [1.807, 2.05) is 12.1 Å². The summed E-state index contributed by atoms with van der Waals surface area (Å²) in [7, 11) is 0. The maximum atomic E-state index is 12.7. The Kier molecular flexibility index (Phi) is 6.70. The van der Waals surface area contributed by atoms with Gasteiger partial charge < -0.3 is 14.5 Å². The largest absolute Gasteiger partial charge is 0.370 e. The van der Waals surface area contributed by atoms with Crippen LogP contribution in [-0.4, -0.2) is 73.6 Å². The lowest BCUT2D eigenvalue weighted by Gasteiger charge is -2.26. The first-order chi connectivity index (χ1) is 13.5. The first-order valence-electron chi connectivity index (χ1n) is 9.39. The van der Waals surface area contributed by atoms with Gasteiger partial charge in [0.2, 0.25) is 11.8 Å². The lowest BCUT2D eigenvalue weighted by molar-refractivity contribution is -0.139. The predicted octanol–water partition coefficient (Wildman–Crippen LogP) is 0.585. The molecule has 2 aromatic rings. The summed E-state index contributed by atoms with van der Waals surface area (Å²) in [5.41, 5.74) is 0.953. The Balaban J connectivity index is 1.70. The second-order valence-corrected chi connectivity index (χ2v) is 7.35. The van der Waals surface area contributed by atoms with Crippen molar-refractivity contribution in [3.63, 3.8) is 0 Å². The number of aromatic nitrogens is 4. The summed E-state index contributed by atoms with van der Waals surface area (Å²) in [6.45, 7) is 6.07. The third-order valence-corrected chi connectivity index (χ3v) is 4.44. The molecule has 28 heavy (non-hydrogen) atoms. The van der Waals surface area contributed by atoms with E-state index >= 15 is 0 Å². The van der Waals surface area contributed by atoms with Gasteiger partial charge in [-0.1, -0.05) is 19.9 Å². The Hall–Kier alpha value is -2.81. The fraction of sp³-hybridized carbons (Fsp3) is 0.526. The van der Waals surface area contributed by atoms with Gasteiger partial charge in [-0.15, -0.1) is 0 Å². The van der Waals surface area contributed by atoms with E-state index in [0.29, 0.717) is 32.2 Å². The minimum atomic E-state index is -0.273. The van der Waals surface area contributed by atoms with Crippen LogP contribution in [0.1, 0.15) is 19.4 Å². The monoisotopic (exact) mass is 386 g/mol. The third kappa shape index (κ3) is 5.59. The van der Waals surface area contributed by atoms with Crippen molar-refractivity contribution in [2.75, 3.05) is 26.2 Å². The van der Waals surface area contributed by atoms with Gasteiger partial charge in [0.25, 0.3) is 0 Å². The van der Waals surface area contributed by atoms with Crippen LogP contribution >= 0.6 is 0 Å². The summed E-state index contributed by atoms with van der Waals surface area (Å²) in [6, 6.07) is 3.79. The molecule has 0 aliphatic carbocycles. The molecule has 1 aliphatic heterocycles. The van der Waals surface area contributed by atoms with E-state index in [9.17, 15) is 9.59 Å². The lowest BCUT2D eigenvalue weighted by Crippen LogP contribution is -2.41. The molecule has 0 aromatic carbocycles. The first kappa shape index (κ1) is 19.9. The highest BCUT2D eigenvalue weighted by Crippen LogP contribution is 2.13. The molecule has 9 nitrogen and oxygen atoms in total. The Morgan fingerprint density at radius 2 is 2.18 bits per heavy atom. The van der Waals surface area contributed by atoms with Crippen LogP contribution in [0.25, 0.3) is 0 Å².